The van der Waals surface area contributed by atoms with E-state index >= 15 is 0 Å². The summed E-state index contributed by atoms with van der Waals surface area (Å²) in [5.41, 5.74) is 0. The van der Waals surface area contributed by atoms with Gasteiger partial charge >= 0.3 is 0 Å². The number of rotatable bonds is 12. The molecule has 1 aromatic rings. The average Bonchev–Trinajstić information content (AvgIpc) is 2.89. The molecule has 0 spiro atoms. The fourth-order valence-corrected chi connectivity index (χ4v) is 1.63. The number of methoxy groups -OCH3 is 1. The highest BCUT2D eigenvalue weighted by molar-refractivity contribution is 4.73. The maximum Gasteiger partial charge on any atom is 0.0945 e. The van der Waals surface area contributed by atoms with E-state index in [1.54, 1.807) is 7.11 Å². The molecule has 0 unspecified atom stereocenters. The number of hydrogen-bond acceptors (Lipinski definition) is 4. The Bertz CT molecular complexity index is 265. The van der Waals surface area contributed by atoms with Gasteiger partial charge in [-0.2, -0.15) is 0 Å². The summed E-state index contributed by atoms with van der Waals surface area (Å²) in [5, 5.41) is 3.42. The van der Waals surface area contributed by atoms with Crippen LogP contribution >= 0.6 is 0 Å². The number of ether oxygens (including phenoxy) is 2. The average molecular weight is 255 g/mol. The Labute approximate surface area is 109 Å². The third-order valence-electron chi connectivity index (χ3n) is 2.65. The summed E-state index contributed by atoms with van der Waals surface area (Å²) in [5.74, 6) is 0. The molecule has 104 valence electrons. The van der Waals surface area contributed by atoms with Gasteiger partial charge in [-0.15, -0.1) is 0 Å². The van der Waals surface area contributed by atoms with Crippen molar-refractivity contribution >= 4 is 0 Å². The first kappa shape index (κ1) is 15.1. The number of unbranched alkanes of at least 4 members (excludes halogenated alkanes) is 1. The minimum atomic E-state index is 0.682. The molecular formula is C13H25N3O2. The Balaban J connectivity index is 1.73. The van der Waals surface area contributed by atoms with Gasteiger partial charge in [-0.25, -0.2) is 4.98 Å². The molecule has 0 aliphatic heterocycles. The van der Waals surface area contributed by atoms with Gasteiger partial charge in [-0.05, 0) is 32.4 Å². The van der Waals surface area contributed by atoms with E-state index in [0.717, 1.165) is 32.7 Å². The summed E-state index contributed by atoms with van der Waals surface area (Å²) >= 11 is 0. The molecule has 0 atom stereocenters. The molecule has 0 amide bonds. The molecule has 5 nitrogen and oxygen atoms in total. The molecule has 0 fully saturated rings. The molecule has 1 aromatic heterocycles. The van der Waals surface area contributed by atoms with Crippen molar-refractivity contribution < 1.29 is 9.47 Å². The lowest BCUT2D eigenvalue weighted by Crippen LogP contribution is -2.18. The molecule has 0 aliphatic carbocycles. The lowest BCUT2D eigenvalue weighted by Gasteiger charge is -2.06. The summed E-state index contributed by atoms with van der Waals surface area (Å²) in [4.78, 5) is 4.02. The molecule has 1 rings (SSSR count). The Morgan fingerprint density at radius 2 is 2.00 bits per heavy atom. The van der Waals surface area contributed by atoms with Crippen molar-refractivity contribution in [3.05, 3.63) is 18.7 Å². The lowest BCUT2D eigenvalue weighted by atomic mass is 10.3. The van der Waals surface area contributed by atoms with Gasteiger partial charge in [0.2, 0.25) is 0 Å². The third-order valence-corrected chi connectivity index (χ3v) is 2.65. The van der Waals surface area contributed by atoms with E-state index in [4.69, 9.17) is 9.47 Å². The van der Waals surface area contributed by atoms with E-state index < -0.39 is 0 Å². The van der Waals surface area contributed by atoms with Crippen molar-refractivity contribution in [3.8, 4) is 0 Å². The summed E-state index contributed by atoms with van der Waals surface area (Å²) in [6.45, 7) is 5.35. The smallest absolute Gasteiger partial charge is 0.0945 e. The molecular weight excluding hydrogens is 230 g/mol. The van der Waals surface area contributed by atoms with Crippen LogP contribution in [-0.4, -0.2) is 49.6 Å². The van der Waals surface area contributed by atoms with Gasteiger partial charge in [-0.1, -0.05) is 0 Å². The topological polar surface area (TPSA) is 48.3 Å². The van der Waals surface area contributed by atoms with Gasteiger partial charge in [-0.3, -0.25) is 0 Å². The zero-order valence-corrected chi connectivity index (χ0v) is 11.3. The molecule has 1 heterocycles. The van der Waals surface area contributed by atoms with Crippen LogP contribution in [0.2, 0.25) is 0 Å². The minimum Gasteiger partial charge on any atom is -0.382 e. The number of aromatic nitrogens is 2. The summed E-state index contributed by atoms with van der Waals surface area (Å²) in [6, 6.07) is 0. The number of imidazole rings is 1. The molecule has 0 saturated heterocycles. The second-order valence-electron chi connectivity index (χ2n) is 4.22. The van der Waals surface area contributed by atoms with E-state index in [9.17, 15) is 0 Å². The monoisotopic (exact) mass is 255 g/mol. The van der Waals surface area contributed by atoms with Gasteiger partial charge in [0, 0.05) is 32.7 Å². The molecule has 0 saturated carbocycles. The fourth-order valence-electron chi connectivity index (χ4n) is 1.63. The van der Waals surface area contributed by atoms with Crippen molar-refractivity contribution in [1.82, 2.24) is 14.9 Å². The maximum absolute atomic E-state index is 5.38. The Morgan fingerprint density at radius 1 is 1.11 bits per heavy atom. The van der Waals surface area contributed by atoms with Crippen LogP contribution in [0.4, 0.5) is 0 Å². The standard InChI is InChI=1S/C13H25N3O2/c1-17-11-12-18-10-4-6-14-5-2-3-8-16-9-7-15-13-16/h7,9,13-14H,2-6,8,10-12H2,1H3. The van der Waals surface area contributed by atoms with Gasteiger partial charge in [0.15, 0.2) is 0 Å². The molecule has 18 heavy (non-hydrogen) atoms. The minimum absolute atomic E-state index is 0.682. The van der Waals surface area contributed by atoms with Crippen LogP contribution in [-0.2, 0) is 16.0 Å². The first-order valence-electron chi connectivity index (χ1n) is 6.66. The van der Waals surface area contributed by atoms with Crippen LogP contribution in [0.5, 0.6) is 0 Å². The SMILES string of the molecule is COCCOCCCNCCCCn1ccnc1. The van der Waals surface area contributed by atoms with Crippen molar-refractivity contribution in [2.75, 3.05) is 40.0 Å². The lowest BCUT2D eigenvalue weighted by molar-refractivity contribution is 0.0695. The number of aryl methyl sites for hydroxylation is 1. The summed E-state index contributed by atoms with van der Waals surface area (Å²) in [6.07, 6.45) is 9.14. The number of nitrogens with zero attached hydrogens (tertiary/aromatic N) is 2. The van der Waals surface area contributed by atoms with E-state index in [-0.39, 0.29) is 0 Å². The Hall–Kier alpha value is -0.910. The third kappa shape index (κ3) is 8.22. The highest BCUT2D eigenvalue weighted by Crippen LogP contribution is 1.94. The van der Waals surface area contributed by atoms with Gasteiger partial charge in [0.1, 0.15) is 0 Å². The molecule has 0 aromatic carbocycles. The largest absolute Gasteiger partial charge is 0.382 e. The highest BCUT2D eigenvalue weighted by atomic mass is 16.5. The van der Waals surface area contributed by atoms with Crippen LogP contribution in [0.1, 0.15) is 19.3 Å². The second kappa shape index (κ2) is 11.2. The van der Waals surface area contributed by atoms with Crippen LogP contribution in [0, 0.1) is 0 Å². The van der Waals surface area contributed by atoms with Crippen LogP contribution in [0.15, 0.2) is 18.7 Å². The van der Waals surface area contributed by atoms with Crippen LogP contribution < -0.4 is 5.32 Å². The van der Waals surface area contributed by atoms with Gasteiger partial charge in [0.25, 0.3) is 0 Å². The number of hydrogen-bond donors (Lipinski definition) is 1. The predicted octanol–water partition coefficient (Wildman–Crippen LogP) is 1.31. The molecule has 0 bridgehead atoms. The second-order valence-corrected chi connectivity index (χ2v) is 4.22. The summed E-state index contributed by atoms with van der Waals surface area (Å²) in [7, 11) is 1.69. The van der Waals surface area contributed by atoms with E-state index in [2.05, 4.69) is 14.9 Å². The van der Waals surface area contributed by atoms with E-state index in [0.29, 0.717) is 13.2 Å². The summed E-state index contributed by atoms with van der Waals surface area (Å²) < 4.78 is 12.4. The quantitative estimate of drug-likeness (QED) is 0.572. The Morgan fingerprint density at radius 3 is 2.78 bits per heavy atom. The van der Waals surface area contributed by atoms with Gasteiger partial charge < -0.3 is 19.4 Å². The zero-order chi connectivity index (χ0) is 12.9. The Kier molecular flexibility index (Phi) is 9.42. The van der Waals surface area contributed by atoms with Crippen LogP contribution in [0.3, 0.4) is 0 Å². The van der Waals surface area contributed by atoms with Crippen molar-refractivity contribution in [1.29, 1.82) is 0 Å². The first-order valence-corrected chi connectivity index (χ1v) is 6.66. The normalized spacial score (nSPS) is 10.9. The highest BCUT2D eigenvalue weighted by Gasteiger charge is 1.92. The molecule has 0 aliphatic rings. The molecule has 5 heteroatoms. The van der Waals surface area contributed by atoms with Crippen molar-refractivity contribution in [2.24, 2.45) is 0 Å². The predicted molar refractivity (Wildman–Crippen MR) is 71.6 cm³/mol. The first-order chi connectivity index (χ1) is 8.93. The van der Waals surface area contributed by atoms with Crippen molar-refractivity contribution in [2.45, 2.75) is 25.8 Å². The fraction of sp³-hybridized carbons (Fsp3) is 0.769. The van der Waals surface area contributed by atoms with E-state index in [1.165, 1.54) is 12.8 Å². The van der Waals surface area contributed by atoms with Crippen molar-refractivity contribution in [3.63, 3.8) is 0 Å². The van der Waals surface area contributed by atoms with Crippen LogP contribution in [0.25, 0.3) is 0 Å². The zero-order valence-electron chi connectivity index (χ0n) is 11.3. The van der Waals surface area contributed by atoms with Gasteiger partial charge in [0.05, 0.1) is 19.5 Å². The number of nitrogens with one attached hydrogen (secondary N) is 1. The molecule has 0 radical (unpaired) electrons. The maximum atomic E-state index is 5.38. The van der Waals surface area contributed by atoms with E-state index in [1.807, 2.05) is 18.7 Å². The molecule has 1 N–H and O–H groups in total.